The molecule has 0 spiro atoms. The zero-order chi connectivity index (χ0) is 27.4. The number of amidine groups is 1. The first kappa shape index (κ1) is 25.8. The predicted octanol–water partition coefficient (Wildman–Crippen LogP) is 6.84. The van der Waals surface area contributed by atoms with Crippen LogP contribution in [0.15, 0.2) is 113 Å². The van der Waals surface area contributed by atoms with Crippen LogP contribution in [-0.4, -0.2) is 20.8 Å². The molecule has 0 bridgehead atoms. The van der Waals surface area contributed by atoms with E-state index in [1.54, 1.807) is 89.8 Å². The van der Waals surface area contributed by atoms with E-state index >= 15 is 0 Å². The molecule has 3 aromatic carbocycles. The number of phenols is 1. The van der Waals surface area contributed by atoms with Crippen LogP contribution in [0.3, 0.4) is 0 Å². The fraction of sp³-hybridized carbons (Fsp3) is 0.107. The van der Waals surface area contributed by atoms with Gasteiger partial charge in [0, 0.05) is 6.42 Å². The molecule has 1 atom stereocenters. The van der Waals surface area contributed by atoms with Gasteiger partial charge in [-0.1, -0.05) is 48.5 Å². The van der Waals surface area contributed by atoms with E-state index < -0.39 is 24.6 Å². The van der Waals surface area contributed by atoms with Gasteiger partial charge in [0.05, 0.1) is 18.7 Å². The second-order valence-electron chi connectivity index (χ2n) is 8.66. The lowest BCUT2D eigenvalue weighted by atomic mass is 9.91. The van der Waals surface area contributed by atoms with Crippen molar-refractivity contribution in [3.8, 4) is 17.2 Å². The van der Waals surface area contributed by atoms with Gasteiger partial charge in [-0.05, 0) is 53.6 Å². The Morgan fingerprint density at radius 3 is 2.26 bits per heavy atom. The van der Waals surface area contributed by atoms with Crippen LogP contribution in [0.1, 0.15) is 22.9 Å². The van der Waals surface area contributed by atoms with Gasteiger partial charge in [-0.3, -0.25) is 10.1 Å². The summed E-state index contributed by atoms with van der Waals surface area (Å²) in [6.45, 7) is 3.99. The molecule has 1 unspecified atom stereocenters. The highest BCUT2D eigenvalue weighted by molar-refractivity contribution is 7.53. The minimum atomic E-state index is -4.22. The van der Waals surface area contributed by atoms with E-state index in [0.29, 0.717) is 17.3 Å². The van der Waals surface area contributed by atoms with Crippen LogP contribution in [0.2, 0.25) is 0 Å². The Kier molecular flexibility index (Phi) is 7.21. The Hall–Kier alpha value is -4.82. The van der Waals surface area contributed by atoms with Crippen LogP contribution in [0.25, 0.3) is 0 Å². The largest absolute Gasteiger partial charge is 0.564 e. The zero-order valence-corrected chi connectivity index (χ0v) is 21.5. The summed E-state index contributed by atoms with van der Waals surface area (Å²) >= 11 is 0. The lowest BCUT2D eigenvalue weighted by molar-refractivity contribution is -0.402. The smallest absolute Gasteiger partial charge is 0.508 e. The molecule has 0 amide bonds. The van der Waals surface area contributed by atoms with Gasteiger partial charge in [-0.15, -0.1) is 11.3 Å². The van der Waals surface area contributed by atoms with E-state index in [1.807, 2.05) is 0 Å². The third-order valence-corrected chi connectivity index (χ3v) is 7.37. The van der Waals surface area contributed by atoms with Crippen molar-refractivity contribution in [1.82, 2.24) is 4.90 Å². The van der Waals surface area contributed by atoms with Crippen molar-refractivity contribution in [3.63, 3.8) is 0 Å². The summed E-state index contributed by atoms with van der Waals surface area (Å²) < 4.78 is 35.9. The van der Waals surface area contributed by atoms with Crippen molar-refractivity contribution in [2.45, 2.75) is 19.0 Å². The summed E-state index contributed by atoms with van der Waals surface area (Å²) in [5.74, 6) is 0.880. The maximum Gasteiger partial charge on any atom is 0.564 e. The number of furan rings is 1. The molecule has 0 saturated carbocycles. The van der Waals surface area contributed by atoms with E-state index in [4.69, 9.17) is 13.5 Å². The topological polar surface area (TPSA) is 128 Å². The molecule has 5 rings (SSSR count). The SMILES string of the molecule is C=CC1c2cc(O)ccc2C/C(=N/P(=O)(Oc2ccccc2)Oc2ccccc2)N1Cc1ccc([N+](=O)[O-])o1. The van der Waals surface area contributed by atoms with Crippen LogP contribution in [0.5, 0.6) is 17.2 Å². The Morgan fingerprint density at radius 2 is 1.69 bits per heavy atom. The molecule has 10 nitrogen and oxygen atoms in total. The van der Waals surface area contributed by atoms with Gasteiger partial charge >= 0.3 is 13.6 Å². The zero-order valence-electron chi connectivity index (χ0n) is 20.6. The van der Waals surface area contributed by atoms with Gasteiger partial charge in [-0.25, -0.2) is 4.57 Å². The first-order valence-electron chi connectivity index (χ1n) is 12.0. The van der Waals surface area contributed by atoms with Crippen LogP contribution >= 0.6 is 7.75 Å². The van der Waals surface area contributed by atoms with Gasteiger partial charge < -0.3 is 23.5 Å². The standard InChI is InChI=1S/C28H24N3O7P/c1-2-26-25-18-21(32)14-13-20(25)17-27(30(26)19-24-15-16-28(36-24)31(33)34)29-39(35,37-22-9-5-3-6-10-22)38-23-11-7-4-8-12-23/h2-16,18,26,32H,1,17,19H2/b29-27-. The van der Waals surface area contributed by atoms with E-state index in [-0.39, 0.29) is 24.5 Å². The van der Waals surface area contributed by atoms with E-state index in [0.717, 1.165) is 11.1 Å². The highest BCUT2D eigenvalue weighted by atomic mass is 31.2. The lowest BCUT2D eigenvalue weighted by Gasteiger charge is -2.38. The maximum absolute atomic E-state index is 14.2. The normalized spacial score (nSPS) is 15.9. The molecule has 1 aliphatic heterocycles. The molecule has 1 aromatic heterocycles. The van der Waals surface area contributed by atoms with E-state index in [2.05, 4.69) is 11.3 Å². The number of para-hydroxylation sites is 2. The number of hydrogen-bond acceptors (Lipinski definition) is 7. The molecule has 2 heterocycles. The molecule has 0 saturated heterocycles. The van der Waals surface area contributed by atoms with Crippen molar-refractivity contribution in [2.75, 3.05) is 0 Å². The Labute approximate surface area is 224 Å². The quantitative estimate of drug-likeness (QED) is 0.105. The van der Waals surface area contributed by atoms with Gasteiger partial charge in [0.15, 0.2) is 0 Å². The highest BCUT2D eigenvalue weighted by Crippen LogP contribution is 2.51. The number of phenolic OH excluding ortho intramolecular Hbond substituents is 1. The van der Waals surface area contributed by atoms with Crippen molar-refractivity contribution < 1.29 is 28.1 Å². The number of benzene rings is 3. The first-order valence-corrected chi connectivity index (χ1v) is 13.5. The minimum absolute atomic E-state index is 0.0368. The van der Waals surface area contributed by atoms with Gasteiger partial charge in [0.25, 0.3) is 0 Å². The van der Waals surface area contributed by atoms with Crippen molar-refractivity contribution in [2.24, 2.45) is 4.76 Å². The Bertz CT molecular complexity index is 1530. The fourth-order valence-electron chi connectivity index (χ4n) is 4.30. The second-order valence-corrected chi connectivity index (χ2v) is 10.2. The van der Waals surface area contributed by atoms with Crippen LogP contribution in [0.4, 0.5) is 5.88 Å². The molecule has 198 valence electrons. The van der Waals surface area contributed by atoms with Crippen molar-refractivity contribution in [3.05, 3.63) is 131 Å². The first-order chi connectivity index (χ1) is 18.8. The third-order valence-electron chi connectivity index (χ3n) is 6.01. The monoisotopic (exact) mass is 545 g/mol. The summed E-state index contributed by atoms with van der Waals surface area (Å²) in [4.78, 5) is 12.3. The Balaban J connectivity index is 1.61. The summed E-state index contributed by atoms with van der Waals surface area (Å²) in [6, 6.07) is 24.3. The number of hydrogen-bond donors (Lipinski definition) is 1. The number of fused-ring (bicyclic) bond motifs is 1. The maximum atomic E-state index is 14.2. The van der Waals surface area contributed by atoms with E-state index in [1.165, 1.54) is 12.1 Å². The molecule has 39 heavy (non-hydrogen) atoms. The van der Waals surface area contributed by atoms with Crippen LogP contribution in [0, 0.1) is 10.1 Å². The van der Waals surface area contributed by atoms with Crippen LogP contribution < -0.4 is 9.05 Å². The summed E-state index contributed by atoms with van der Waals surface area (Å²) in [6.07, 6.45) is 1.86. The average Bonchev–Trinajstić information content (AvgIpc) is 3.39. The van der Waals surface area contributed by atoms with Gasteiger partial charge in [0.1, 0.15) is 33.8 Å². The summed E-state index contributed by atoms with van der Waals surface area (Å²) in [7, 11) is -4.22. The molecular weight excluding hydrogens is 521 g/mol. The average molecular weight is 545 g/mol. The predicted molar refractivity (Wildman–Crippen MR) is 145 cm³/mol. The van der Waals surface area contributed by atoms with Crippen molar-refractivity contribution >= 4 is 19.5 Å². The van der Waals surface area contributed by atoms with Crippen LogP contribution in [-0.2, 0) is 17.5 Å². The molecule has 0 aliphatic carbocycles. The number of rotatable bonds is 9. The molecular formula is C28H24N3O7P. The van der Waals surface area contributed by atoms with Gasteiger partial charge in [-0.2, -0.15) is 0 Å². The lowest BCUT2D eigenvalue weighted by Crippen LogP contribution is -2.39. The molecule has 1 N–H and O–H groups in total. The molecule has 0 fully saturated rings. The van der Waals surface area contributed by atoms with E-state index in [9.17, 15) is 19.8 Å². The third kappa shape index (κ3) is 5.86. The van der Waals surface area contributed by atoms with Gasteiger partial charge in [0.2, 0.25) is 0 Å². The second kappa shape index (κ2) is 10.9. The number of nitrogens with zero attached hydrogens (tertiary/aromatic N) is 3. The Morgan fingerprint density at radius 1 is 1.05 bits per heavy atom. The molecule has 1 aliphatic rings. The summed E-state index contributed by atoms with van der Waals surface area (Å²) in [5, 5.41) is 21.3. The minimum Gasteiger partial charge on any atom is -0.508 e. The molecule has 0 radical (unpaired) electrons. The number of aromatic hydroxyl groups is 1. The summed E-state index contributed by atoms with van der Waals surface area (Å²) in [5.41, 5.74) is 1.58. The van der Waals surface area contributed by atoms with Crippen molar-refractivity contribution in [1.29, 1.82) is 0 Å². The molecule has 4 aromatic rings. The highest BCUT2D eigenvalue weighted by Gasteiger charge is 2.36. The fourth-order valence-corrected chi connectivity index (χ4v) is 5.67. The molecule has 11 heteroatoms. The number of nitro groups is 1.